The van der Waals surface area contributed by atoms with Crippen LogP contribution in [0.15, 0.2) is 18.2 Å². The van der Waals surface area contributed by atoms with Gasteiger partial charge in [-0.05, 0) is 26.0 Å². The molecule has 90 valence electrons. The van der Waals surface area contributed by atoms with Gasteiger partial charge in [0.25, 0.3) is 0 Å². The zero-order chi connectivity index (χ0) is 12.6. The van der Waals surface area contributed by atoms with E-state index in [4.69, 9.17) is 4.74 Å². The van der Waals surface area contributed by atoms with E-state index in [1.165, 1.54) is 33.1 Å². The molecule has 0 aliphatic rings. The molecule has 0 radical (unpaired) electrons. The monoisotopic (exact) mass is 234 g/mol. The molecule has 0 saturated heterocycles. The molecular weight excluding hydrogens is 221 g/mol. The van der Waals surface area contributed by atoms with Gasteiger partial charge in [-0.1, -0.05) is 6.07 Å². The van der Waals surface area contributed by atoms with Gasteiger partial charge in [0.15, 0.2) is 0 Å². The van der Waals surface area contributed by atoms with Crippen LogP contribution >= 0.6 is 0 Å². The maximum atomic E-state index is 12.7. The third kappa shape index (κ3) is 2.47. The number of aliphatic hydroxyl groups is 1. The zero-order valence-corrected chi connectivity index (χ0v) is 9.22. The summed E-state index contributed by atoms with van der Waals surface area (Å²) in [6, 6.07) is 3.56. The minimum Gasteiger partial charge on any atom is -0.496 e. The quantitative estimate of drug-likeness (QED) is 0.852. The Morgan fingerprint density at radius 2 is 1.75 bits per heavy atom. The van der Waals surface area contributed by atoms with Crippen LogP contribution in [0.1, 0.15) is 25.0 Å². The molecule has 0 aromatic heterocycles. The van der Waals surface area contributed by atoms with Crippen molar-refractivity contribution in [2.45, 2.75) is 25.6 Å². The molecule has 1 rings (SSSR count). The SMILES string of the molecule is COc1cccc(C(F)(F)F)c1C(C)(C)O. The van der Waals surface area contributed by atoms with E-state index in [9.17, 15) is 18.3 Å². The number of hydrogen-bond donors (Lipinski definition) is 1. The highest BCUT2D eigenvalue weighted by atomic mass is 19.4. The fourth-order valence-corrected chi connectivity index (χ4v) is 1.57. The summed E-state index contributed by atoms with van der Waals surface area (Å²) in [6.07, 6.45) is -4.51. The Balaban J connectivity index is 3.51. The summed E-state index contributed by atoms with van der Waals surface area (Å²) in [5.41, 5.74) is -2.73. The number of methoxy groups -OCH3 is 1. The van der Waals surface area contributed by atoms with Gasteiger partial charge in [-0.15, -0.1) is 0 Å². The summed E-state index contributed by atoms with van der Waals surface area (Å²) < 4.78 is 43.0. The molecular formula is C11H13F3O2. The molecule has 0 spiro atoms. The first kappa shape index (κ1) is 12.8. The summed E-state index contributed by atoms with van der Waals surface area (Å²) in [5, 5.41) is 9.77. The second kappa shape index (κ2) is 3.97. The van der Waals surface area contributed by atoms with Gasteiger partial charge in [0, 0.05) is 5.56 Å². The summed E-state index contributed by atoms with van der Waals surface area (Å²) in [7, 11) is 1.27. The molecule has 0 heterocycles. The minimum absolute atomic E-state index is 0.0299. The van der Waals surface area contributed by atoms with Crippen LogP contribution in [0.2, 0.25) is 0 Å². The van der Waals surface area contributed by atoms with E-state index in [-0.39, 0.29) is 11.3 Å². The number of halogens is 3. The number of rotatable bonds is 2. The Morgan fingerprint density at radius 1 is 1.19 bits per heavy atom. The van der Waals surface area contributed by atoms with Crippen LogP contribution in [-0.4, -0.2) is 12.2 Å². The molecule has 0 amide bonds. The summed E-state index contributed by atoms with van der Waals surface area (Å²) in [5.74, 6) is 0.0299. The van der Waals surface area contributed by atoms with E-state index in [0.717, 1.165) is 6.07 Å². The fourth-order valence-electron chi connectivity index (χ4n) is 1.57. The van der Waals surface area contributed by atoms with Crippen molar-refractivity contribution in [3.05, 3.63) is 29.3 Å². The van der Waals surface area contributed by atoms with Crippen LogP contribution in [0.3, 0.4) is 0 Å². The highest BCUT2D eigenvalue weighted by molar-refractivity contribution is 5.45. The lowest BCUT2D eigenvalue weighted by Gasteiger charge is -2.25. The Labute approximate surface area is 91.7 Å². The van der Waals surface area contributed by atoms with Crippen LogP contribution in [0.5, 0.6) is 5.75 Å². The second-order valence-electron chi connectivity index (χ2n) is 3.94. The molecule has 1 aromatic rings. The highest BCUT2D eigenvalue weighted by Gasteiger charge is 2.38. The van der Waals surface area contributed by atoms with Gasteiger partial charge < -0.3 is 9.84 Å². The van der Waals surface area contributed by atoms with Gasteiger partial charge in [0.05, 0.1) is 18.3 Å². The van der Waals surface area contributed by atoms with Crippen molar-refractivity contribution in [1.82, 2.24) is 0 Å². The van der Waals surface area contributed by atoms with Crippen molar-refractivity contribution in [3.63, 3.8) is 0 Å². The summed E-state index contributed by atoms with van der Waals surface area (Å²) >= 11 is 0. The van der Waals surface area contributed by atoms with Crippen LogP contribution in [0, 0.1) is 0 Å². The van der Waals surface area contributed by atoms with E-state index in [1.807, 2.05) is 0 Å². The predicted octanol–water partition coefficient (Wildman–Crippen LogP) is 2.94. The van der Waals surface area contributed by atoms with Gasteiger partial charge in [-0.25, -0.2) is 0 Å². The molecule has 16 heavy (non-hydrogen) atoms. The van der Waals surface area contributed by atoms with Gasteiger partial charge in [-0.3, -0.25) is 0 Å². The average Bonchev–Trinajstić information content (AvgIpc) is 2.13. The van der Waals surface area contributed by atoms with Gasteiger partial charge in [-0.2, -0.15) is 13.2 Å². The minimum atomic E-state index is -4.51. The lowest BCUT2D eigenvalue weighted by molar-refractivity contribution is -0.140. The number of benzene rings is 1. The first-order chi connectivity index (χ1) is 7.18. The lowest BCUT2D eigenvalue weighted by Crippen LogP contribution is -2.23. The first-order valence-electron chi connectivity index (χ1n) is 4.65. The molecule has 0 saturated carbocycles. The standard InChI is InChI=1S/C11H13F3O2/c1-10(2,15)9-7(11(12,13)14)5-4-6-8(9)16-3/h4-6,15H,1-3H3. The largest absolute Gasteiger partial charge is 0.496 e. The molecule has 0 unspecified atom stereocenters. The van der Waals surface area contributed by atoms with Crippen molar-refractivity contribution in [3.8, 4) is 5.75 Å². The summed E-state index contributed by atoms with van der Waals surface area (Å²) in [4.78, 5) is 0. The fraction of sp³-hybridized carbons (Fsp3) is 0.455. The average molecular weight is 234 g/mol. The topological polar surface area (TPSA) is 29.5 Å². The van der Waals surface area contributed by atoms with E-state index in [1.54, 1.807) is 0 Å². The van der Waals surface area contributed by atoms with E-state index < -0.39 is 17.3 Å². The van der Waals surface area contributed by atoms with Crippen molar-refractivity contribution in [2.75, 3.05) is 7.11 Å². The van der Waals surface area contributed by atoms with Gasteiger partial charge in [0.1, 0.15) is 5.75 Å². The number of alkyl halides is 3. The second-order valence-corrected chi connectivity index (χ2v) is 3.94. The molecule has 0 aliphatic carbocycles. The maximum absolute atomic E-state index is 12.7. The molecule has 1 N–H and O–H groups in total. The normalized spacial score (nSPS) is 12.7. The molecule has 0 aliphatic heterocycles. The predicted molar refractivity (Wildman–Crippen MR) is 53.2 cm³/mol. The molecule has 0 fully saturated rings. The van der Waals surface area contributed by atoms with Crippen LogP contribution < -0.4 is 4.74 Å². The van der Waals surface area contributed by atoms with Crippen LogP contribution in [0.4, 0.5) is 13.2 Å². The number of ether oxygens (including phenoxy) is 1. The van der Waals surface area contributed by atoms with E-state index in [0.29, 0.717) is 0 Å². The van der Waals surface area contributed by atoms with Gasteiger partial charge in [0.2, 0.25) is 0 Å². The molecule has 1 aromatic carbocycles. The zero-order valence-electron chi connectivity index (χ0n) is 9.22. The lowest BCUT2D eigenvalue weighted by atomic mass is 9.92. The maximum Gasteiger partial charge on any atom is 0.416 e. The van der Waals surface area contributed by atoms with Crippen molar-refractivity contribution in [1.29, 1.82) is 0 Å². The van der Waals surface area contributed by atoms with E-state index in [2.05, 4.69) is 0 Å². The third-order valence-corrected chi connectivity index (χ3v) is 2.16. The Kier molecular flexibility index (Phi) is 3.19. The van der Waals surface area contributed by atoms with Gasteiger partial charge >= 0.3 is 6.18 Å². The third-order valence-electron chi connectivity index (χ3n) is 2.16. The molecule has 0 atom stereocenters. The number of hydrogen-bond acceptors (Lipinski definition) is 2. The Hall–Kier alpha value is -1.23. The highest BCUT2D eigenvalue weighted by Crippen LogP contribution is 2.41. The van der Waals surface area contributed by atoms with Crippen molar-refractivity contribution in [2.24, 2.45) is 0 Å². The molecule has 0 bridgehead atoms. The first-order valence-corrected chi connectivity index (χ1v) is 4.65. The van der Waals surface area contributed by atoms with E-state index >= 15 is 0 Å². The van der Waals surface area contributed by atoms with Crippen molar-refractivity contribution < 1.29 is 23.0 Å². The van der Waals surface area contributed by atoms with Crippen molar-refractivity contribution >= 4 is 0 Å². The molecule has 2 nitrogen and oxygen atoms in total. The van der Waals surface area contributed by atoms with Crippen LogP contribution in [-0.2, 0) is 11.8 Å². The smallest absolute Gasteiger partial charge is 0.416 e. The molecule has 5 heteroatoms. The summed E-state index contributed by atoms with van der Waals surface area (Å²) in [6.45, 7) is 2.58. The Bertz CT molecular complexity index is 378. The van der Waals surface area contributed by atoms with Crippen LogP contribution in [0.25, 0.3) is 0 Å². The Morgan fingerprint density at radius 3 is 2.12 bits per heavy atom.